The van der Waals surface area contributed by atoms with E-state index >= 15 is 0 Å². The van der Waals surface area contributed by atoms with E-state index < -0.39 is 58.8 Å². The number of amides is 4. The van der Waals surface area contributed by atoms with Gasteiger partial charge in [0.2, 0.25) is 11.8 Å². The van der Waals surface area contributed by atoms with E-state index in [0.717, 1.165) is 22.3 Å². The molecule has 0 fully saturated rings. The zero-order valence-corrected chi connectivity index (χ0v) is 55.7. The second kappa shape index (κ2) is 40.1. The molecule has 6 N–H and O–H groups in total. The summed E-state index contributed by atoms with van der Waals surface area (Å²) in [6.45, 7) is 17.0. The highest BCUT2D eigenvalue weighted by atomic mass is 35.5. The first-order valence-electron chi connectivity index (χ1n) is 30.8. The predicted octanol–water partition coefficient (Wildman–Crippen LogP) is 6.27. The number of aliphatic imine (C=N–C) groups is 1. The van der Waals surface area contributed by atoms with E-state index in [1.165, 1.54) is 23.2 Å². The van der Waals surface area contributed by atoms with Crippen LogP contribution in [-0.2, 0) is 78.6 Å². The fourth-order valence-corrected chi connectivity index (χ4v) is 8.32. The molecule has 6 aromatic rings. The van der Waals surface area contributed by atoms with Crippen LogP contribution in [0.25, 0.3) is 0 Å². The lowest BCUT2D eigenvalue weighted by Crippen LogP contribution is -2.51. The van der Waals surface area contributed by atoms with Crippen molar-refractivity contribution >= 4 is 54.4 Å². The largest absolute Gasteiger partial charge is 0.595 e. The molecular weight excluding hydrogens is 1240 g/mol. The van der Waals surface area contributed by atoms with Gasteiger partial charge in [0, 0.05) is 18.7 Å². The average Bonchev–Trinajstić information content (AvgIpc) is 1.63. The van der Waals surface area contributed by atoms with Crippen molar-refractivity contribution in [1.29, 1.82) is 0 Å². The van der Waals surface area contributed by atoms with Gasteiger partial charge in [-0.05, 0) is 110 Å². The Hall–Kier alpha value is -9.12. The Kier molecular flexibility index (Phi) is 33.0. The average molecular weight is 1330 g/mol. The Morgan fingerprint density at radius 3 is 1.31 bits per heavy atom. The Balaban J connectivity index is 0.000000400. The van der Waals surface area contributed by atoms with Gasteiger partial charge in [-0.1, -0.05) is 142 Å². The maximum absolute atomic E-state index is 13.4. The van der Waals surface area contributed by atoms with E-state index in [1.54, 1.807) is 41.5 Å². The SMILES string of the molecule is CC(C(=O)OCCCCNC(=O)OCCn1nnnc1[C@@H](COCc1ccccc1)NC(=O)C(C)(C)N)c1ccccc1.CC(C(=O)OCCCCNC(=O)OCCn1nnnc1[C@@H](COCc1ccccc1)NC(=O)C(C)(C)N=C([O-])OC(C)(C)C)c1ccccc1.Cl. The second-order valence-electron chi connectivity index (χ2n) is 23.6. The first-order chi connectivity index (χ1) is 44.4. The molecule has 0 aliphatic carbocycles. The normalized spacial score (nSPS) is 12.8. The number of rotatable bonds is 35. The number of ether oxygens (including phenoxy) is 7. The number of nitrogens with zero attached hydrogens (tertiary/aromatic N) is 9. The molecule has 4 atom stereocenters. The minimum Gasteiger partial charge on any atom is -0.595 e. The molecule has 0 aliphatic rings. The van der Waals surface area contributed by atoms with Gasteiger partial charge in [0.25, 0.3) is 0 Å². The summed E-state index contributed by atoms with van der Waals surface area (Å²) in [5.41, 5.74) is 6.28. The summed E-state index contributed by atoms with van der Waals surface area (Å²) >= 11 is 0. The van der Waals surface area contributed by atoms with E-state index in [-0.39, 0.29) is 101 Å². The van der Waals surface area contributed by atoms with Crippen LogP contribution in [0.3, 0.4) is 0 Å². The fourth-order valence-electron chi connectivity index (χ4n) is 8.32. The summed E-state index contributed by atoms with van der Waals surface area (Å²) in [5, 5.41) is 47.0. The molecule has 4 amide bonds. The lowest BCUT2D eigenvalue weighted by Gasteiger charge is -2.32. The monoisotopic (exact) mass is 1330 g/mol. The van der Waals surface area contributed by atoms with E-state index in [4.69, 9.17) is 38.9 Å². The van der Waals surface area contributed by atoms with E-state index in [2.05, 4.69) is 57.3 Å². The molecule has 29 heteroatoms. The zero-order chi connectivity index (χ0) is 67.7. The highest BCUT2D eigenvalue weighted by molar-refractivity contribution is 5.88. The second-order valence-corrected chi connectivity index (χ2v) is 23.6. The number of alkyl carbamates (subject to hydrolysis) is 2. The van der Waals surface area contributed by atoms with Crippen LogP contribution in [-0.4, -0.2) is 152 Å². The highest BCUT2D eigenvalue weighted by Crippen LogP contribution is 2.21. The lowest BCUT2D eigenvalue weighted by molar-refractivity contribution is -0.261. The Labute approximate surface area is 554 Å². The summed E-state index contributed by atoms with van der Waals surface area (Å²) in [5.74, 6) is -1.66. The van der Waals surface area contributed by atoms with Crippen molar-refractivity contribution in [3.63, 3.8) is 0 Å². The van der Waals surface area contributed by atoms with Gasteiger partial charge >= 0.3 is 24.1 Å². The van der Waals surface area contributed by atoms with E-state index in [9.17, 15) is 33.9 Å². The topological polar surface area (TPSA) is 364 Å². The van der Waals surface area contributed by atoms with Crippen LogP contribution in [0.1, 0.15) is 146 Å². The van der Waals surface area contributed by atoms with Crippen molar-refractivity contribution in [3.8, 4) is 0 Å². The van der Waals surface area contributed by atoms with Crippen LogP contribution in [0.2, 0.25) is 0 Å². The third-order valence-corrected chi connectivity index (χ3v) is 13.6. The number of carbonyl (C=O) groups excluding carboxylic acids is 6. The molecule has 0 saturated heterocycles. The first-order valence-corrected chi connectivity index (χ1v) is 30.8. The molecule has 28 nitrogen and oxygen atoms in total. The number of hydrogen-bond acceptors (Lipinski definition) is 22. The zero-order valence-electron chi connectivity index (χ0n) is 54.9. The number of benzene rings is 4. The summed E-state index contributed by atoms with van der Waals surface area (Å²) in [6.07, 6.45) is 0.276. The van der Waals surface area contributed by atoms with Gasteiger partial charge in [-0.25, -0.2) is 19.0 Å². The minimum atomic E-state index is -1.48. The number of halogens is 1. The standard InChI is InChI=1S/C35H49N7O8.C30H41N7O6.ClH/c1-25(27-17-11-8-12-18-27)30(43)48-21-14-13-19-36-32(45)49-22-20-42-29(39-40-41-42)28(24-47-23-26-15-9-7-10-16-26)37-31(44)35(5,6)38-33(46)50-34(2,3)4;1-22(24-14-8-5-9-15-24)27(38)42-18-11-10-16-32-29(40)43-19-17-37-26(34-35-36-37)25(33-28(39)30(2,3)31)21-41-20-23-12-6-4-7-13-23;/h7-12,15-18,25,28H,13-14,19-24H2,1-6H3,(H,36,45)(H,37,44)(H,38,46);4-9,12-15,22,25H,10-11,16-21,31H2,1-3H3,(H,32,40)(H,33,39);1H/p-1/t25?,28-;22?,25-;/m11./s1. The summed E-state index contributed by atoms with van der Waals surface area (Å²) in [6, 6.07) is 36.4. The van der Waals surface area contributed by atoms with Gasteiger partial charge < -0.3 is 65.3 Å². The van der Waals surface area contributed by atoms with Crippen LogP contribution in [0.4, 0.5) is 9.59 Å². The van der Waals surface area contributed by atoms with Gasteiger partial charge in [-0.3, -0.25) is 24.2 Å². The number of carbonyl (C=O) groups is 6. The lowest BCUT2D eigenvalue weighted by atomic mass is 10.0. The maximum Gasteiger partial charge on any atom is 0.407 e. The highest BCUT2D eigenvalue weighted by Gasteiger charge is 2.33. The smallest absolute Gasteiger partial charge is 0.407 e. The minimum absolute atomic E-state index is 0. The van der Waals surface area contributed by atoms with Gasteiger partial charge in [-0.15, -0.1) is 22.6 Å². The Morgan fingerprint density at radius 1 is 0.543 bits per heavy atom. The Morgan fingerprint density at radius 2 is 0.926 bits per heavy atom. The number of unbranched alkanes of at least 4 members (excludes halogenated alkanes) is 2. The van der Waals surface area contributed by atoms with Gasteiger partial charge in [0.05, 0.1) is 70.1 Å². The molecule has 0 aliphatic heterocycles. The molecular formula is C65H90ClN14O14-. The number of aromatic nitrogens is 8. The van der Waals surface area contributed by atoms with Crippen molar-refractivity contribution in [2.45, 2.75) is 155 Å². The first kappa shape index (κ1) is 77.3. The van der Waals surface area contributed by atoms with Crippen LogP contribution in [0.15, 0.2) is 126 Å². The predicted molar refractivity (Wildman–Crippen MR) is 346 cm³/mol. The third kappa shape index (κ3) is 28.8. The van der Waals surface area contributed by atoms with Crippen LogP contribution in [0.5, 0.6) is 0 Å². The number of esters is 2. The molecule has 2 unspecified atom stereocenters. The number of hydrogen-bond donors (Lipinski definition) is 5. The Bertz CT molecular complexity index is 3240. The number of tetrazole rings is 2. The van der Waals surface area contributed by atoms with Crippen LogP contribution >= 0.6 is 12.4 Å². The summed E-state index contributed by atoms with van der Waals surface area (Å²) in [7, 11) is 0. The van der Waals surface area contributed by atoms with Gasteiger partial charge in [-0.2, -0.15) is 0 Å². The molecule has 0 radical (unpaired) electrons. The molecule has 0 spiro atoms. The summed E-state index contributed by atoms with van der Waals surface area (Å²) < 4.78 is 41.1. The van der Waals surface area contributed by atoms with Crippen molar-refractivity contribution in [2.24, 2.45) is 10.7 Å². The van der Waals surface area contributed by atoms with Crippen molar-refractivity contribution in [3.05, 3.63) is 155 Å². The number of nitrogens with one attached hydrogen (secondary N) is 4. The molecule has 512 valence electrons. The molecule has 2 aromatic heterocycles. The van der Waals surface area contributed by atoms with E-state index in [0.29, 0.717) is 51.2 Å². The molecule has 94 heavy (non-hydrogen) atoms. The molecule has 4 aromatic carbocycles. The van der Waals surface area contributed by atoms with Crippen molar-refractivity contribution < 1.29 is 67.0 Å². The molecule has 6 rings (SSSR count). The molecule has 2 heterocycles. The van der Waals surface area contributed by atoms with Crippen molar-refractivity contribution in [1.82, 2.24) is 61.7 Å². The fraction of sp³-hybridized carbons (Fsp3) is 0.492. The van der Waals surface area contributed by atoms with Gasteiger partial charge in [0.15, 0.2) is 11.6 Å². The van der Waals surface area contributed by atoms with Gasteiger partial charge in [0.1, 0.15) is 36.9 Å². The molecule has 0 bridgehead atoms. The van der Waals surface area contributed by atoms with Crippen molar-refractivity contribution in [2.75, 3.05) is 52.7 Å². The summed E-state index contributed by atoms with van der Waals surface area (Å²) in [4.78, 5) is 78.9. The quantitative estimate of drug-likeness (QED) is 0.00962. The third-order valence-electron chi connectivity index (χ3n) is 13.6. The van der Waals surface area contributed by atoms with E-state index in [1.807, 2.05) is 128 Å². The maximum atomic E-state index is 13.4. The molecule has 0 saturated carbocycles. The number of nitrogens with two attached hydrogens (primary N) is 1. The van der Waals surface area contributed by atoms with Crippen LogP contribution in [0, 0.1) is 0 Å². The van der Waals surface area contributed by atoms with Crippen LogP contribution < -0.4 is 32.1 Å².